The SMILES string of the molecule is O=C(O)OC1=C2c3sccc3C=CN2CC=C1. The third-order valence-electron chi connectivity index (χ3n) is 2.63. The van der Waals surface area contributed by atoms with Crippen LogP contribution < -0.4 is 0 Å². The molecule has 5 heteroatoms. The van der Waals surface area contributed by atoms with Crippen molar-refractivity contribution in [3.63, 3.8) is 0 Å². The Morgan fingerprint density at radius 2 is 2.35 bits per heavy atom. The summed E-state index contributed by atoms with van der Waals surface area (Å²) >= 11 is 1.58. The van der Waals surface area contributed by atoms with Gasteiger partial charge in [-0.15, -0.1) is 11.3 Å². The van der Waals surface area contributed by atoms with Crippen LogP contribution in [0.4, 0.5) is 4.79 Å². The minimum Gasteiger partial charge on any atom is -0.449 e. The second-order valence-corrected chi connectivity index (χ2v) is 4.57. The maximum absolute atomic E-state index is 10.7. The smallest absolute Gasteiger partial charge is 0.449 e. The molecule has 1 aromatic heterocycles. The Bertz CT molecular complexity index is 568. The van der Waals surface area contributed by atoms with Crippen molar-refractivity contribution >= 4 is 29.3 Å². The number of hydrogen-bond acceptors (Lipinski definition) is 4. The van der Waals surface area contributed by atoms with Gasteiger partial charge in [-0.2, -0.15) is 0 Å². The fraction of sp³-hybridized carbons (Fsp3) is 0.0833. The minimum absolute atomic E-state index is 0.386. The van der Waals surface area contributed by atoms with Crippen LogP contribution in [0.25, 0.3) is 11.8 Å². The zero-order chi connectivity index (χ0) is 11.8. The summed E-state index contributed by atoms with van der Waals surface area (Å²) in [5.41, 5.74) is 1.94. The van der Waals surface area contributed by atoms with Gasteiger partial charge in [0, 0.05) is 12.7 Å². The first kappa shape index (κ1) is 10.2. The maximum Gasteiger partial charge on any atom is 0.511 e. The van der Waals surface area contributed by atoms with Gasteiger partial charge in [0.05, 0.1) is 4.88 Å². The summed E-state index contributed by atoms with van der Waals surface area (Å²) in [6.07, 6.45) is 6.27. The highest BCUT2D eigenvalue weighted by Gasteiger charge is 2.25. The predicted octanol–water partition coefficient (Wildman–Crippen LogP) is 2.97. The summed E-state index contributed by atoms with van der Waals surface area (Å²) in [5.74, 6) is 0.386. The number of fused-ring (bicyclic) bond motifs is 3. The first-order valence-corrected chi connectivity index (χ1v) is 5.98. The average molecular weight is 247 g/mol. The molecule has 17 heavy (non-hydrogen) atoms. The summed E-state index contributed by atoms with van der Waals surface area (Å²) in [4.78, 5) is 13.7. The maximum atomic E-state index is 10.7. The first-order valence-electron chi connectivity index (χ1n) is 5.10. The van der Waals surface area contributed by atoms with Gasteiger partial charge < -0.3 is 14.7 Å². The van der Waals surface area contributed by atoms with Crippen molar-refractivity contribution in [1.82, 2.24) is 4.90 Å². The van der Waals surface area contributed by atoms with Crippen LogP contribution in [0.3, 0.4) is 0 Å². The van der Waals surface area contributed by atoms with Gasteiger partial charge in [0.15, 0.2) is 5.76 Å². The zero-order valence-electron chi connectivity index (χ0n) is 8.79. The van der Waals surface area contributed by atoms with Gasteiger partial charge in [-0.3, -0.25) is 0 Å². The number of carbonyl (C=O) groups is 1. The van der Waals surface area contributed by atoms with Crippen LogP contribution in [0.5, 0.6) is 0 Å². The van der Waals surface area contributed by atoms with E-state index in [9.17, 15) is 4.79 Å². The van der Waals surface area contributed by atoms with Crippen molar-refractivity contribution in [1.29, 1.82) is 0 Å². The van der Waals surface area contributed by atoms with Crippen molar-refractivity contribution in [2.45, 2.75) is 0 Å². The van der Waals surface area contributed by atoms with E-state index in [0.717, 1.165) is 22.7 Å². The molecule has 1 aromatic rings. The normalized spacial score (nSPS) is 16.8. The van der Waals surface area contributed by atoms with Gasteiger partial charge in [0.25, 0.3) is 0 Å². The highest BCUT2D eigenvalue weighted by molar-refractivity contribution is 7.11. The van der Waals surface area contributed by atoms with Gasteiger partial charge in [0.2, 0.25) is 0 Å². The van der Waals surface area contributed by atoms with Crippen LogP contribution in [-0.2, 0) is 4.74 Å². The molecule has 0 unspecified atom stereocenters. The molecule has 0 atom stereocenters. The summed E-state index contributed by atoms with van der Waals surface area (Å²) in [5, 5.41) is 10.7. The minimum atomic E-state index is -1.29. The van der Waals surface area contributed by atoms with E-state index in [1.165, 1.54) is 0 Å². The zero-order valence-corrected chi connectivity index (χ0v) is 9.61. The van der Waals surface area contributed by atoms with Crippen molar-refractivity contribution in [3.05, 3.63) is 46.0 Å². The van der Waals surface area contributed by atoms with Gasteiger partial charge >= 0.3 is 6.16 Å². The Labute approximate surface area is 102 Å². The van der Waals surface area contributed by atoms with Crippen LogP contribution in [0.15, 0.2) is 35.6 Å². The summed E-state index contributed by atoms with van der Waals surface area (Å²) in [7, 11) is 0. The third kappa shape index (κ3) is 1.64. The molecule has 0 radical (unpaired) electrons. The molecule has 0 amide bonds. The molecule has 0 aromatic carbocycles. The summed E-state index contributed by atoms with van der Waals surface area (Å²) in [6, 6.07) is 2.01. The Kier molecular flexibility index (Phi) is 2.26. The molecule has 2 aliphatic heterocycles. The van der Waals surface area contributed by atoms with E-state index in [1.807, 2.05) is 34.7 Å². The van der Waals surface area contributed by atoms with Crippen LogP contribution in [0, 0.1) is 0 Å². The Morgan fingerprint density at radius 3 is 3.18 bits per heavy atom. The number of hydrogen-bond donors (Lipinski definition) is 1. The van der Waals surface area contributed by atoms with Crippen molar-refractivity contribution in [3.8, 4) is 0 Å². The largest absolute Gasteiger partial charge is 0.511 e. The lowest BCUT2D eigenvalue weighted by molar-refractivity contribution is 0.121. The third-order valence-corrected chi connectivity index (χ3v) is 3.57. The highest BCUT2D eigenvalue weighted by Crippen LogP contribution is 2.37. The molecule has 2 aliphatic rings. The van der Waals surface area contributed by atoms with Gasteiger partial charge in [0.1, 0.15) is 5.70 Å². The van der Waals surface area contributed by atoms with Gasteiger partial charge in [-0.25, -0.2) is 4.79 Å². The van der Waals surface area contributed by atoms with Crippen molar-refractivity contribution in [2.75, 3.05) is 6.54 Å². The van der Waals surface area contributed by atoms with Crippen molar-refractivity contribution < 1.29 is 14.6 Å². The first-order chi connectivity index (χ1) is 8.25. The Morgan fingerprint density at radius 1 is 1.47 bits per heavy atom. The highest BCUT2D eigenvalue weighted by atomic mass is 32.1. The molecule has 86 valence electrons. The monoisotopic (exact) mass is 247 g/mol. The average Bonchev–Trinajstić information content (AvgIpc) is 2.76. The summed E-state index contributed by atoms with van der Waals surface area (Å²) < 4.78 is 4.83. The fourth-order valence-corrected chi connectivity index (χ4v) is 2.90. The second kappa shape index (κ2) is 3.78. The lowest BCUT2D eigenvalue weighted by Crippen LogP contribution is -2.23. The lowest BCUT2D eigenvalue weighted by Gasteiger charge is -2.29. The molecule has 4 nitrogen and oxygen atoms in total. The quantitative estimate of drug-likeness (QED) is 0.775. The molecule has 0 saturated heterocycles. The predicted molar refractivity (Wildman–Crippen MR) is 65.2 cm³/mol. The number of nitrogens with zero attached hydrogens (tertiary/aromatic N) is 1. The number of rotatable bonds is 1. The molecule has 0 bridgehead atoms. The molecule has 0 spiro atoms. The number of ether oxygens (including phenoxy) is 1. The number of carboxylic acid groups (broad SMARTS) is 1. The Hall–Kier alpha value is -2.01. The standard InChI is InChI=1S/C12H9NO3S/c14-12(15)16-9-2-1-5-13-6-3-8-4-7-17-11(8)10(9)13/h1-4,6-7H,5H2,(H,14,15). The van der Waals surface area contributed by atoms with Crippen LogP contribution in [-0.4, -0.2) is 22.7 Å². The van der Waals surface area contributed by atoms with Crippen LogP contribution >= 0.6 is 11.3 Å². The fourth-order valence-electron chi connectivity index (χ4n) is 1.95. The number of allylic oxidation sites excluding steroid dienone is 1. The van der Waals surface area contributed by atoms with Crippen LogP contribution in [0.1, 0.15) is 10.4 Å². The van der Waals surface area contributed by atoms with E-state index < -0.39 is 6.16 Å². The van der Waals surface area contributed by atoms with E-state index >= 15 is 0 Å². The Balaban J connectivity index is 2.14. The summed E-state index contributed by atoms with van der Waals surface area (Å²) in [6.45, 7) is 0.732. The second-order valence-electron chi connectivity index (χ2n) is 3.66. The molecule has 0 saturated carbocycles. The van der Waals surface area contributed by atoms with E-state index in [2.05, 4.69) is 0 Å². The lowest BCUT2D eigenvalue weighted by atomic mass is 10.1. The molecule has 3 heterocycles. The number of thiophene rings is 1. The van der Waals surface area contributed by atoms with Crippen molar-refractivity contribution in [2.24, 2.45) is 0 Å². The molecular weight excluding hydrogens is 238 g/mol. The molecular formula is C12H9NO3S. The van der Waals surface area contributed by atoms with Gasteiger partial charge in [-0.1, -0.05) is 6.08 Å². The molecule has 0 aliphatic carbocycles. The molecule has 1 N–H and O–H groups in total. The van der Waals surface area contributed by atoms with Crippen LogP contribution in [0.2, 0.25) is 0 Å². The van der Waals surface area contributed by atoms with Gasteiger partial charge in [-0.05, 0) is 29.2 Å². The molecule has 0 fully saturated rings. The van der Waals surface area contributed by atoms with E-state index in [1.54, 1.807) is 17.4 Å². The van der Waals surface area contributed by atoms with E-state index in [4.69, 9.17) is 9.84 Å². The topological polar surface area (TPSA) is 49.8 Å². The molecule has 3 rings (SSSR count). The van der Waals surface area contributed by atoms with E-state index in [-0.39, 0.29) is 0 Å². The van der Waals surface area contributed by atoms with E-state index in [0.29, 0.717) is 5.76 Å².